The maximum absolute atomic E-state index is 12.5. The van der Waals surface area contributed by atoms with Gasteiger partial charge in [0.2, 0.25) is 0 Å². The molecule has 0 aromatic heterocycles. The van der Waals surface area contributed by atoms with Gasteiger partial charge >= 0.3 is 0 Å². The Morgan fingerprint density at radius 1 is 1.26 bits per heavy atom. The number of amides is 2. The van der Waals surface area contributed by atoms with Gasteiger partial charge in [-0.15, -0.1) is 0 Å². The highest BCUT2D eigenvalue weighted by atomic mass is 35.5. The van der Waals surface area contributed by atoms with Crippen molar-refractivity contribution >= 4 is 29.1 Å². The Balaban J connectivity index is 1.81. The normalized spacial score (nSPS) is 13.3. The molecule has 1 aliphatic rings. The third-order valence-corrected chi connectivity index (χ3v) is 4.08. The number of nitrogens with one attached hydrogen (secondary N) is 1. The van der Waals surface area contributed by atoms with Crippen molar-refractivity contribution in [3.05, 3.63) is 58.6 Å². The molecular weight excluding hydrogens is 316 g/mol. The van der Waals surface area contributed by atoms with Crippen molar-refractivity contribution in [2.45, 2.75) is 6.54 Å². The first-order valence-corrected chi connectivity index (χ1v) is 7.49. The second-order valence-corrected chi connectivity index (χ2v) is 5.58. The van der Waals surface area contributed by atoms with Gasteiger partial charge < -0.3 is 15.0 Å². The molecule has 1 aliphatic heterocycles. The number of carbonyl (C=O) groups is 2. The van der Waals surface area contributed by atoms with Crippen LogP contribution in [0.3, 0.4) is 0 Å². The van der Waals surface area contributed by atoms with Crippen LogP contribution in [0.15, 0.2) is 42.5 Å². The standard InChI is InChI=1S/C17H15ClN2O3/c1-20-14-8-4-6-12(16(14)23-10-15(20)21)17(22)19-9-11-5-2-3-7-13(11)18/h2-8H,9-10H2,1H3,(H,19,22). The first kappa shape index (κ1) is 15.4. The van der Waals surface area contributed by atoms with Crippen LogP contribution in [-0.2, 0) is 11.3 Å². The van der Waals surface area contributed by atoms with Gasteiger partial charge in [-0.2, -0.15) is 0 Å². The van der Waals surface area contributed by atoms with E-state index < -0.39 is 0 Å². The van der Waals surface area contributed by atoms with Crippen molar-refractivity contribution in [2.24, 2.45) is 0 Å². The molecule has 0 bridgehead atoms. The fourth-order valence-electron chi connectivity index (χ4n) is 2.40. The molecule has 0 unspecified atom stereocenters. The number of anilines is 1. The van der Waals surface area contributed by atoms with Gasteiger partial charge in [-0.05, 0) is 23.8 Å². The monoisotopic (exact) mass is 330 g/mol. The van der Waals surface area contributed by atoms with E-state index in [1.165, 1.54) is 4.90 Å². The van der Waals surface area contributed by atoms with Gasteiger partial charge in [0, 0.05) is 18.6 Å². The molecule has 5 nitrogen and oxygen atoms in total. The lowest BCUT2D eigenvalue weighted by atomic mass is 10.1. The van der Waals surface area contributed by atoms with Crippen LogP contribution in [-0.4, -0.2) is 25.5 Å². The lowest BCUT2D eigenvalue weighted by molar-refractivity contribution is -0.121. The molecule has 6 heteroatoms. The number of benzene rings is 2. The average Bonchev–Trinajstić information content (AvgIpc) is 2.57. The molecule has 3 rings (SSSR count). The van der Waals surface area contributed by atoms with Crippen molar-refractivity contribution < 1.29 is 14.3 Å². The Hall–Kier alpha value is -2.53. The molecule has 0 aliphatic carbocycles. The number of para-hydroxylation sites is 1. The van der Waals surface area contributed by atoms with Crippen LogP contribution in [0.4, 0.5) is 5.69 Å². The summed E-state index contributed by atoms with van der Waals surface area (Å²) in [4.78, 5) is 25.6. The zero-order valence-corrected chi connectivity index (χ0v) is 13.3. The minimum absolute atomic E-state index is 0.0711. The number of ether oxygens (including phenoxy) is 1. The Bertz CT molecular complexity index is 776. The molecule has 2 amide bonds. The van der Waals surface area contributed by atoms with Gasteiger partial charge in [-0.3, -0.25) is 9.59 Å². The molecule has 0 saturated heterocycles. The van der Waals surface area contributed by atoms with Gasteiger partial charge in [0.05, 0.1) is 11.3 Å². The van der Waals surface area contributed by atoms with Crippen molar-refractivity contribution in [1.82, 2.24) is 5.32 Å². The second kappa shape index (κ2) is 6.30. The molecule has 0 saturated carbocycles. The van der Waals surface area contributed by atoms with Crippen LogP contribution in [0.1, 0.15) is 15.9 Å². The maximum Gasteiger partial charge on any atom is 0.264 e. The number of nitrogens with zero attached hydrogens (tertiary/aromatic N) is 1. The van der Waals surface area contributed by atoms with E-state index in [0.29, 0.717) is 28.6 Å². The maximum atomic E-state index is 12.5. The van der Waals surface area contributed by atoms with Crippen LogP contribution >= 0.6 is 11.6 Å². The second-order valence-electron chi connectivity index (χ2n) is 5.17. The third-order valence-electron chi connectivity index (χ3n) is 3.71. The number of hydrogen-bond donors (Lipinski definition) is 1. The smallest absolute Gasteiger partial charge is 0.264 e. The van der Waals surface area contributed by atoms with E-state index in [1.54, 1.807) is 31.3 Å². The van der Waals surface area contributed by atoms with Crippen molar-refractivity contribution in [1.29, 1.82) is 0 Å². The number of rotatable bonds is 3. The number of carbonyl (C=O) groups excluding carboxylic acids is 2. The van der Waals surface area contributed by atoms with Crippen LogP contribution in [0.25, 0.3) is 0 Å². The molecule has 118 valence electrons. The van der Waals surface area contributed by atoms with E-state index in [-0.39, 0.29) is 18.4 Å². The Morgan fingerprint density at radius 2 is 2.04 bits per heavy atom. The first-order valence-electron chi connectivity index (χ1n) is 7.12. The Morgan fingerprint density at radius 3 is 2.83 bits per heavy atom. The molecule has 2 aromatic rings. The van der Waals surface area contributed by atoms with E-state index in [2.05, 4.69) is 5.32 Å². The Kier molecular flexibility index (Phi) is 4.21. The summed E-state index contributed by atoms with van der Waals surface area (Å²) in [6.07, 6.45) is 0. The van der Waals surface area contributed by atoms with Crippen LogP contribution in [0, 0.1) is 0 Å². The molecule has 23 heavy (non-hydrogen) atoms. The zero-order valence-electron chi connectivity index (χ0n) is 12.5. The molecule has 0 radical (unpaired) electrons. The largest absolute Gasteiger partial charge is 0.481 e. The Labute approximate surface area is 138 Å². The van der Waals surface area contributed by atoms with Gasteiger partial charge in [-0.25, -0.2) is 0 Å². The van der Waals surface area contributed by atoms with E-state index in [0.717, 1.165) is 5.56 Å². The van der Waals surface area contributed by atoms with Gasteiger partial charge in [-0.1, -0.05) is 35.9 Å². The van der Waals surface area contributed by atoms with Crippen molar-refractivity contribution in [2.75, 3.05) is 18.6 Å². The summed E-state index contributed by atoms with van der Waals surface area (Å²) in [5.74, 6) is 0.00176. The fourth-order valence-corrected chi connectivity index (χ4v) is 2.60. The number of hydrogen-bond acceptors (Lipinski definition) is 3. The summed E-state index contributed by atoms with van der Waals surface area (Å²) >= 11 is 6.08. The summed E-state index contributed by atoms with van der Waals surface area (Å²) < 4.78 is 5.46. The van der Waals surface area contributed by atoms with Crippen molar-refractivity contribution in [3.8, 4) is 5.75 Å². The SMILES string of the molecule is CN1C(=O)COc2c(C(=O)NCc3ccccc3Cl)cccc21. The number of halogens is 1. The van der Waals surface area contributed by atoms with Crippen LogP contribution in [0.2, 0.25) is 5.02 Å². The predicted octanol–water partition coefficient (Wildman–Crippen LogP) is 2.63. The third kappa shape index (κ3) is 3.00. The van der Waals surface area contributed by atoms with Crippen LogP contribution in [0.5, 0.6) is 5.75 Å². The van der Waals surface area contributed by atoms with E-state index in [1.807, 2.05) is 18.2 Å². The topological polar surface area (TPSA) is 58.6 Å². The van der Waals surface area contributed by atoms with Gasteiger partial charge in [0.25, 0.3) is 11.8 Å². The fraction of sp³-hybridized carbons (Fsp3) is 0.176. The summed E-state index contributed by atoms with van der Waals surface area (Å²) in [5, 5.41) is 3.43. The predicted molar refractivity (Wildman–Crippen MR) is 88.0 cm³/mol. The highest BCUT2D eigenvalue weighted by Gasteiger charge is 2.26. The van der Waals surface area contributed by atoms with Crippen molar-refractivity contribution in [3.63, 3.8) is 0 Å². The van der Waals surface area contributed by atoms with Crippen LogP contribution < -0.4 is 15.0 Å². The van der Waals surface area contributed by atoms with E-state index >= 15 is 0 Å². The lowest BCUT2D eigenvalue weighted by Crippen LogP contribution is -2.36. The zero-order chi connectivity index (χ0) is 16.4. The lowest BCUT2D eigenvalue weighted by Gasteiger charge is -2.27. The highest BCUT2D eigenvalue weighted by Crippen LogP contribution is 2.34. The molecule has 1 N–H and O–H groups in total. The average molecular weight is 331 g/mol. The summed E-state index contributed by atoms with van der Waals surface area (Å²) in [6, 6.07) is 12.5. The number of fused-ring (bicyclic) bond motifs is 1. The molecular formula is C17H15ClN2O3. The van der Waals surface area contributed by atoms with Gasteiger partial charge in [0.1, 0.15) is 0 Å². The molecule has 0 spiro atoms. The number of likely N-dealkylation sites (N-methyl/N-ethyl adjacent to an activating group) is 1. The highest BCUT2D eigenvalue weighted by molar-refractivity contribution is 6.31. The summed E-state index contributed by atoms with van der Waals surface area (Å²) in [6.45, 7) is 0.245. The van der Waals surface area contributed by atoms with E-state index in [4.69, 9.17) is 16.3 Å². The molecule has 1 heterocycles. The first-order chi connectivity index (χ1) is 11.1. The quantitative estimate of drug-likeness (QED) is 0.941. The van der Waals surface area contributed by atoms with Gasteiger partial charge in [0.15, 0.2) is 12.4 Å². The minimum atomic E-state index is -0.274. The molecule has 2 aromatic carbocycles. The minimum Gasteiger partial charge on any atom is -0.481 e. The molecule has 0 atom stereocenters. The molecule has 0 fully saturated rings. The summed E-state index contributed by atoms with van der Waals surface area (Å²) in [5.41, 5.74) is 1.82. The van der Waals surface area contributed by atoms with E-state index in [9.17, 15) is 9.59 Å². The summed E-state index contributed by atoms with van der Waals surface area (Å²) in [7, 11) is 1.66.